The molecule has 4 fully saturated rings. The molecule has 3 N–H and O–H groups in total. The summed E-state index contributed by atoms with van der Waals surface area (Å²) < 4.78 is 32.8. The molecule has 2 bridgehead atoms. The first-order valence-electron chi connectivity index (χ1n) is 19.8. The first-order chi connectivity index (χ1) is 26.2. The number of hydrogen-bond acceptors (Lipinski definition) is 8. The zero-order chi connectivity index (χ0) is 39.4. The third-order valence-corrected chi connectivity index (χ3v) is 14.6. The highest BCUT2D eigenvalue weighted by molar-refractivity contribution is 8.00. The predicted octanol–water partition coefficient (Wildman–Crippen LogP) is 6.58. The van der Waals surface area contributed by atoms with E-state index in [2.05, 4.69) is 58.3 Å². The molecule has 4 aliphatic rings. The second kappa shape index (κ2) is 16.7. The summed E-state index contributed by atoms with van der Waals surface area (Å²) in [6, 6.07) is 16.4. The van der Waals surface area contributed by atoms with Crippen molar-refractivity contribution < 1.29 is 32.3 Å². The molecule has 0 aromatic heterocycles. The Morgan fingerprint density at radius 3 is 2.15 bits per heavy atom. The number of fused-ring (bicyclic) bond motifs is 2. The largest absolute Gasteiger partial charge is 0.444 e. The smallest absolute Gasteiger partial charge is 0.408 e. The molecule has 0 spiro atoms. The van der Waals surface area contributed by atoms with Crippen molar-refractivity contribution in [3.63, 3.8) is 0 Å². The summed E-state index contributed by atoms with van der Waals surface area (Å²) in [7, 11) is -3.88. The summed E-state index contributed by atoms with van der Waals surface area (Å²) in [4.78, 5) is 58.0. The van der Waals surface area contributed by atoms with E-state index in [0.717, 1.165) is 61.0 Å². The summed E-state index contributed by atoms with van der Waals surface area (Å²) in [6.45, 7) is 9.32. The fraction of sp³-hybridized carbons (Fsp3) is 0.571. The van der Waals surface area contributed by atoms with Gasteiger partial charge in [0.25, 0.3) is 5.91 Å². The van der Waals surface area contributed by atoms with Crippen LogP contribution >= 0.6 is 11.8 Å². The van der Waals surface area contributed by atoms with Crippen LogP contribution < -0.4 is 15.4 Å². The van der Waals surface area contributed by atoms with Crippen LogP contribution in [0.3, 0.4) is 0 Å². The van der Waals surface area contributed by atoms with Gasteiger partial charge in [-0.2, -0.15) is 0 Å². The van der Waals surface area contributed by atoms with Gasteiger partial charge in [-0.05, 0) is 81.7 Å². The molecule has 0 radical (unpaired) electrons. The van der Waals surface area contributed by atoms with E-state index in [9.17, 15) is 27.6 Å². The molecule has 2 aromatic carbocycles. The third-order valence-electron chi connectivity index (χ3n) is 11.2. The minimum atomic E-state index is -3.88. The van der Waals surface area contributed by atoms with E-state index < -0.39 is 73.0 Å². The van der Waals surface area contributed by atoms with Gasteiger partial charge in [-0.3, -0.25) is 19.1 Å². The number of hydrogen-bond donors (Lipinski definition) is 3. The number of amides is 4. The third kappa shape index (κ3) is 9.76. The van der Waals surface area contributed by atoms with E-state index in [-0.39, 0.29) is 19.4 Å². The Labute approximate surface area is 330 Å². The van der Waals surface area contributed by atoms with Gasteiger partial charge in [0.15, 0.2) is 0 Å². The van der Waals surface area contributed by atoms with Crippen LogP contribution in [0.5, 0.6) is 0 Å². The molecule has 2 aliphatic heterocycles. The highest BCUT2D eigenvalue weighted by Crippen LogP contribution is 2.50. The van der Waals surface area contributed by atoms with E-state index in [1.807, 2.05) is 18.2 Å². The predicted molar refractivity (Wildman–Crippen MR) is 215 cm³/mol. The van der Waals surface area contributed by atoms with Gasteiger partial charge in [-0.15, -0.1) is 18.3 Å². The maximum atomic E-state index is 14.9. The number of ether oxygens (including phenoxy) is 1. The van der Waals surface area contributed by atoms with Gasteiger partial charge in [0.05, 0.1) is 10.00 Å². The Morgan fingerprint density at radius 2 is 1.53 bits per heavy atom. The molecule has 2 saturated carbocycles. The average molecular weight is 793 g/mol. The zero-order valence-corrected chi connectivity index (χ0v) is 33.9. The van der Waals surface area contributed by atoms with E-state index in [1.54, 1.807) is 43.5 Å². The van der Waals surface area contributed by atoms with E-state index in [4.69, 9.17) is 4.74 Å². The molecule has 2 aromatic rings. The lowest BCUT2D eigenvalue weighted by molar-refractivity contribution is -0.141. The average Bonchev–Trinajstić information content (AvgIpc) is 4.08. The van der Waals surface area contributed by atoms with Crippen LogP contribution in [0, 0.1) is 5.92 Å². The molecule has 298 valence electrons. The summed E-state index contributed by atoms with van der Waals surface area (Å²) in [5.74, 6) is -1.38. The standard InChI is InChI=1S/C42H56N4O7S2/c1-5-31-26-42(31,38(49)45-55(51,52)33-23-24-33)44-36(47)35-27-41(32-21-19-30(20-22-32)29-16-12-11-13-17-29)28-46(35)37(48)34(43-39(50)53-40(2,3)4)18-14-9-7-6-8-10-15-25-54-41/h5,11-13,16-17,19-22,31,33-35H,1,6-10,14-15,18,23-28H2,2-4H3,(H,43,50)(H,44,47)(H,45,49). The van der Waals surface area contributed by atoms with Crippen LogP contribution in [0.25, 0.3) is 11.1 Å². The fourth-order valence-electron chi connectivity index (χ4n) is 7.86. The first-order valence-corrected chi connectivity index (χ1v) is 22.3. The minimum Gasteiger partial charge on any atom is -0.444 e. The number of sulfonamides is 1. The molecule has 2 saturated heterocycles. The molecule has 2 heterocycles. The van der Waals surface area contributed by atoms with Gasteiger partial charge in [0, 0.05) is 12.5 Å². The molecule has 13 heteroatoms. The Hall–Kier alpha value is -3.84. The van der Waals surface area contributed by atoms with Crippen molar-refractivity contribution in [3.05, 3.63) is 72.8 Å². The monoisotopic (exact) mass is 792 g/mol. The van der Waals surface area contributed by atoms with Crippen molar-refractivity contribution >= 4 is 45.6 Å². The number of benzene rings is 2. The number of carbonyl (C=O) groups is 4. The Kier molecular flexibility index (Phi) is 12.4. The van der Waals surface area contributed by atoms with Crippen molar-refractivity contribution in [2.45, 2.75) is 131 Å². The highest BCUT2D eigenvalue weighted by Gasteiger charge is 2.62. The molecule has 6 rings (SSSR count). The van der Waals surface area contributed by atoms with Crippen molar-refractivity contribution in [1.29, 1.82) is 0 Å². The quantitative estimate of drug-likeness (QED) is 0.241. The molecule has 4 amide bonds. The molecule has 5 unspecified atom stereocenters. The van der Waals surface area contributed by atoms with Crippen molar-refractivity contribution in [3.8, 4) is 11.1 Å². The zero-order valence-electron chi connectivity index (χ0n) is 32.3. The molecule has 2 aliphatic carbocycles. The number of carbonyl (C=O) groups excluding carboxylic acids is 4. The van der Waals surface area contributed by atoms with E-state index in [0.29, 0.717) is 25.7 Å². The van der Waals surface area contributed by atoms with Crippen LogP contribution in [0.15, 0.2) is 67.3 Å². The van der Waals surface area contributed by atoms with Crippen LogP contribution in [0.1, 0.15) is 103 Å². The molecule has 11 nitrogen and oxygen atoms in total. The fourth-order valence-corrected chi connectivity index (χ4v) is 10.8. The van der Waals surface area contributed by atoms with Crippen LogP contribution in [0.2, 0.25) is 0 Å². The first kappa shape index (κ1) is 40.8. The lowest BCUT2D eigenvalue weighted by Gasteiger charge is -2.32. The minimum absolute atomic E-state index is 0.193. The Balaban J connectivity index is 1.36. The molecule has 55 heavy (non-hydrogen) atoms. The summed E-state index contributed by atoms with van der Waals surface area (Å²) in [5.41, 5.74) is 0.809. The van der Waals surface area contributed by atoms with Gasteiger partial charge >= 0.3 is 6.09 Å². The summed E-state index contributed by atoms with van der Waals surface area (Å²) in [6.07, 6.45) is 9.56. The SMILES string of the molecule is C=CC1CC1(NC(=O)C1CC2(c3ccc(-c4ccccc4)cc3)CN1C(=O)C(NC(=O)OC(C)(C)C)CCCCCCCCCS2)C(=O)NS(=O)(=O)C1CC1. The van der Waals surface area contributed by atoms with Crippen LogP contribution in [-0.2, 0) is 33.9 Å². The van der Waals surface area contributed by atoms with Crippen LogP contribution in [0.4, 0.5) is 4.79 Å². The normalized spacial score (nSPS) is 27.9. The summed E-state index contributed by atoms with van der Waals surface area (Å²) in [5, 5.41) is 5.16. The van der Waals surface area contributed by atoms with E-state index in [1.165, 1.54) is 0 Å². The Bertz CT molecular complexity index is 1840. The number of rotatable bonds is 9. The second-order valence-electron chi connectivity index (χ2n) is 16.6. The summed E-state index contributed by atoms with van der Waals surface area (Å²) >= 11 is 1.75. The maximum Gasteiger partial charge on any atom is 0.408 e. The van der Waals surface area contributed by atoms with Crippen molar-refractivity contribution in [2.24, 2.45) is 5.92 Å². The lowest BCUT2D eigenvalue weighted by Crippen LogP contribution is -2.58. The van der Waals surface area contributed by atoms with Gasteiger partial charge < -0.3 is 20.3 Å². The number of alkyl carbamates (subject to hydrolysis) is 1. The lowest BCUT2D eigenvalue weighted by atomic mass is 9.93. The number of thioether (sulfide) groups is 1. The van der Waals surface area contributed by atoms with Gasteiger partial charge in [0.1, 0.15) is 23.2 Å². The molecular formula is C42H56N4O7S2. The Morgan fingerprint density at radius 1 is 0.891 bits per heavy atom. The topological polar surface area (TPSA) is 151 Å². The van der Waals surface area contributed by atoms with Gasteiger partial charge in [-0.25, -0.2) is 13.2 Å². The number of nitrogens with zero attached hydrogens (tertiary/aromatic N) is 1. The van der Waals surface area contributed by atoms with E-state index >= 15 is 0 Å². The highest BCUT2D eigenvalue weighted by atomic mass is 32.2. The second-order valence-corrected chi connectivity index (χ2v) is 20.1. The van der Waals surface area contributed by atoms with Crippen LogP contribution in [-0.4, -0.2) is 77.9 Å². The molecular weight excluding hydrogens is 737 g/mol. The number of nitrogens with one attached hydrogen (secondary N) is 3. The van der Waals surface area contributed by atoms with Crippen molar-refractivity contribution in [1.82, 2.24) is 20.3 Å². The van der Waals surface area contributed by atoms with Gasteiger partial charge in [0.2, 0.25) is 21.8 Å². The van der Waals surface area contributed by atoms with Gasteiger partial charge in [-0.1, -0.05) is 99.2 Å². The van der Waals surface area contributed by atoms with Crippen molar-refractivity contribution in [2.75, 3.05) is 12.3 Å². The molecule has 5 atom stereocenters. The maximum absolute atomic E-state index is 14.9.